The van der Waals surface area contributed by atoms with Gasteiger partial charge in [-0.05, 0) is 29.9 Å². The smallest absolute Gasteiger partial charge is 0.329 e. The number of amides is 2. The van der Waals surface area contributed by atoms with Gasteiger partial charge in [0.25, 0.3) is 0 Å². The lowest BCUT2D eigenvalue weighted by Gasteiger charge is -2.09. The van der Waals surface area contributed by atoms with Crippen LogP contribution in [0.15, 0.2) is 5.38 Å². The first-order chi connectivity index (χ1) is 7.83. The molecule has 1 heterocycles. The van der Waals surface area contributed by atoms with Gasteiger partial charge in [0.2, 0.25) is 0 Å². The first-order valence-corrected chi connectivity index (χ1v) is 5.90. The monoisotopic (exact) mass is 266 g/mol. The maximum absolute atomic E-state index is 11.9. The Morgan fingerprint density at radius 1 is 1.47 bits per heavy atom. The minimum Gasteiger partial charge on any atom is -0.329 e. The maximum atomic E-state index is 11.9. The third-order valence-corrected chi connectivity index (χ3v) is 3.19. The normalized spacial score (nSPS) is 11.4. The molecular formula is C10H13F3N2OS. The Balaban J connectivity index is 2.56. The van der Waals surface area contributed by atoms with E-state index in [-0.39, 0.29) is 0 Å². The van der Waals surface area contributed by atoms with Gasteiger partial charge in [-0.1, -0.05) is 6.92 Å². The van der Waals surface area contributed by atoms with Crippen molar-refractivity contribution in [3.63, 3.8) is 0 Å². The number of rotatable bonds is 3. The average molecular weight is 266 g/mol. The summed E-state index contributed by atoms with van der Waals surface area (Å²) in [6, 6.07) is -0.834. The Bertz CT molecular complexity index is 401. The number of carbonyl (C=O) groups excluding carboxylic acids is 1. The van der Waals surface area contributed by atoms with Crippen LogP contribution in [0.25, 0.3) is 0 Å². The molecule has 1 rings (SSSR count). The van der Waals surface area contributed by atoms with E-state index in [1.165, 1.54) is 11.3 Å². The number of carbonyl (C=O) groups is 1. The summed E-state index contributed by atoms with van der Waals surface area (Å²) in [5.74, 6) is 0. The number of halogens is 3. The van der Waals surface area contributed by atoms with E-state index in [2.05, 4.69) is 5.32 Å². The molecule has 1 aromatic rings. The molecule has 0 fully saturated rings. The number of anilines is 1. The van der Waals surface area contributed by atoms with Crippen LogP contribution in [0.4, 0.5) is 23.0 Å². The summed E-state index contributed by atoms with van der Waals surface area (Å²) in [4.78, 5) is 11.2. The fraction of sp³-hybridized carbons (Fsp3) is 0.500. The van der Waals surface area contributed by atoms with E-state index in [0.717, 1.165) is 17.5 Å². The molecule has 0 aliphatic rings. The van der Waals surface area contributed by atoms with E-state index >= 15 is 0 Å². The highest BCUT2D eigenvalue weighted by Gasteiger charge is 2.27. The SMILES string of the molecule is CCc1c(C)csc1NC(=O)NCC(F)(F)F. The Morgan fingerprint density at radius 2 is 2.12 bits per heavy atom. The number of nitrogens with one attached hydrogen (secondary N) is 2. The van der Waals surface area contributed by atoms with Gasteiger partial charge in [0.15, 0.2) is 0 Å². The minimum absolute atomic E-state index is 0.602. The highest BCUT2D eigenvalue weighted by Crippen LogP contribution is 2.27. The number of urea groups is 1. The van der Waals surface area contributed by atoms with E-state index in [1.807, 2.05) is 19.2 Å². The highest BCUT2D eigenvalue weighted by molar-refractivity contribution is 7.14. The van der Waals surface area contributed by atoms with E-state index in [1.54, 1.807) is 5.32 Å². The first-order valence-electron chi connectivity index (χ1n) is 5.02. The van der Waals surface area contributed by atoms with Crippen LogP contribution in [0.1, 0.15) is 18.1 Å². The van der Waals surface area contributed by atoms with Crippen molar-refractivity contribution < 1.29 is 18.0 Å². The molecule has 2 N–H and O–H groups in total. The van der Waals surface area contributed by atoms with Gasteiger partial charge in [-0.15, -0.1) is 11.3 Å². The lowest BCUT2D eigenvalue weighted by Crippen LogP contribution is -2.36. The van der Waals surface area contributed by atoms with Crippen molar-refractivity contribution in [2.45, 2.75) is 26.4 Å². The molecule has 0 aliphatic carbocycles. The fourth-order valence-corrected chi connectivity index (χ4v) is 2.38. The van der Waals surface area contributed by atoms with Crippen molar-refractivity contribution in [1.82, 2.24) is 5.32 Å². The lowest BCUT2D eigenvalue weighted by atomic mass is 10.1. The summed E-state index contributed by atoms with van der Waals surface area (Å²) < 4.78 is 35.6. The van der Waals surface area contributed by atoms with Crippen LogP contribution in [0, 0.1) is 6.92 Å². The van der Waals surface area contributed by atoms with Crippen LogP contribution >= 0.6 is 11.3 Å². The third kappa shape index (κ3) is 4.26. The molecule has 2 amide bonds. The summed E-state index contributed by atoms with van der Waals surface area (Å²) in [5, 5.41) is 6.65. The number of aryl methyl sites for hydroxylation is 1. The fourth-order valence-electron chi connectivity index (χ4n) is 1.34. The van der Waals surface area contributed by atoms with Crippen LogP contribution in [-0.2, 0) is 6.42 Å². The predicted octanol–water partition coefficient (Wildman–Crippen LogP) is 3.30. The molecule has 0 saturated carbocycles. The summed E-state index contributed by atoms with van der Waals surface area (Å²) in [5.41, 5.74) is 1.99. The zero-order valence-electron chi connectivity index (χ0n) is 9.44. The molecule has 1 aromatic heterocycles. The summed E-state index contributed by atoms with van der Waals surface area (Å²) in [6.45, 7) is 2.49. The molecular weight excluding hydrogens is 253 g/mol. The zero-order chi connectivity index (χ0) is 13.1. The van der Waals surface area contributed by atoms with Crippen LogP contribution < -0.4 is 10.6 Å². The van der Waals surface area contributed by atoms with Crippen molar-refractivity contribution in [2.75, 3.05) is 11.9 Å². The molecule has 0 unspecified atom stereocenters. The molecule has 0 bridgehead atoms. The lowest BCUT2D eigenvalue weighted by molar-refractivity contribution is -0.122. The third-order valence-electron chi connectivity index (χ3n) is 2.13. The second kappa shape index (κ2) is 5.39. The van der Waals surface area contributed by atoms with Crippen molar-refractivity contribution in [3.8, 4) is 0 Å². The van der Waals surface area contributed by atoms with Gasteiger partial charge >= 0.3 is 12.2 Å². The van der Waals surface area contributed by atoms with Gasteiger partial charge in [-0.2, -0.15) is 13.2 Å². The van der Waals surface area contributed by atoms with E-state index in [4.69, 9.17) is 0 Å². The summed E-state index contributed by atoms with van der Waals surface area (Å²) in [7, 11) is 0. The van der Waals surface area contributed by atoms with Gasteiger partial charge < -0.3 is 5.32 Å². The van der Waals surface area contributed by atoms with Gasteiger partial charge in [0.1, 0.15) is 6.54 Å². The molecule has 0 spiro atoms. The van der Waals surface area contributed by atoms with Gasteiger partial charge in [0, 0.05) is 0 Å². The highest BCUT2D eigenvalue weighted by atomic mass is 32.1. The molecule has 0 aliphatic heterocycles. The van der Waals surface area contributed by atoms with Gasteiger partial charge in [-0.3, -0.25) is 5.32 Å². The van der Waals surface area contributed by atoms with Crippen molar-refractivity contribution in [3.05, 3.63) is 16.5 Å². The minimum atomic E-state index is -4.39. The molecule has 7 heteroatoms. The Kier molecular flexibility index (Phi) is 4.39. The maximum Gasteiger partial charge on any atom is 0.405 e. The van der Waals surface area contributed by atoms with E-state index < -0.39 is 18.8 Å². The molecule has 3 nitrogen and oxygen atoms in total. The topological polar surface area (TPSA) is 41.1 Å². The van der Waals surface area contributed by atoms with Crippen LogP contribution in [0.5, 0.6) is 0 Å². The summed E-state index contributed by atoms with van der Waals surface area (Å²) >= 11 is 1.31. The van der Waals surface area contributed by atoms with Crippen LogP contribution in [-0.4, -0.2) is 18.8 Å². The molecule has 0 radical (unpaired) electrons. The van der Waals surface area contributed by atoms with Crippen LogP contribution in [0.2, 0.25) is 0 Å². The van der Waals surface area contributed by atoms with Crippen molar-refractivity contribution >= 4 is 22.4 Å². The zero-order valence-corrected chi connectivity index (χ0v) is 10.3. The standard InChI is InChI=1S/C10H13F3N2OS/c1-3-7-6(2)4-17-8(7)15-9(16)14-5-10(11,12)13/h4H,3,5H2,1-2H3,(H2,14,15,16). The average Bonchev–Trinajstić information content (AvgIpc) is 2.55. The Hall–Kier alpha value is -1.24. The van der Waals surface area contributed by atoms with Crippen molar-refractivity contribution in [1.29, 1.82) is 0 Å². The molecule has 0 atom stereocenters. The Morgan fingerprint density at radius 3 is 2.65 bits per heavy atom. The number of alkyl halides is 3. The predicted molar refractivity (Wildman–Crippen MR) is 61.5 cm³/mol. The summed E-state index contributed by atoms with van der Waals surface area (Å²) in [6.07, 6.45) is -3.67. The number of hydrogen-bond acceptors (Lipinski definition) is 2. The van der Waals surface area contributed by atoms with Crippen LogP contribution in [0.3, 0.4) is 0 Å². The number of thiophene rings is 1. The second-order valence-corrected chi connectivity index (χ2v) is 4.38. The van der Waals surface area contributed by atoms with Gasteiger partial charge in [-0.25, -0.2) is 4.79 Å². The molecule has 17 heavy (non-hydrogen) atoms. The molecule has 0 aromatic carbocycles. The van der Waals surface area contributed by atoms with Crippen molar-refractivity contribution in [2.24, 2.45) is 0 Å². The largest absolute Gasteiger partial charge is 0.405 e. The molecule has 96 valence electrons. The molecule has 0 saturated heterocycles. The van der Waals surface area contributed by atoms with E-state index in [0.29, 0.717) is 5.00 Å². The number of hydrogen-bond donors (Lipinski definition) is 2. The van der Waals surface area contributed by atoms with Gasteiger partial charge in [0.05, 0.1) is 5.00 Å². The second-order valence-electron chi connectivity index (χ2n) is 3.50. The first kappa shape index (κ1) is 13.8. The van der Waals surface area contributed by atoms with E-state index in [9.17, 15) is 18.0 Å². The quantitative estimate of drug-likeness (QED) is 0.866. The Labute approximate surface area is 101 Å².